The average Bonchev–Trinajstić information content (AvgIpc) is 2.90. The van der Waals surface area contributed by atoms with E-state index in [0.29, 0.717) is 24.4 Å². The van der Waals surface area contributed by atoms with E-state index in [-0.39, 0.29) is 12.4 Å². The van der Waals surface area contributed by atoms with Crippen molar-refractivity contribution in [1.29, 1.82) is 0 Å². The topological polar surface area (TPSA) is 61.8 Å². The third-order valence-electron chi connectivity index (χ3n) is 5.98. The van der Waals surface area contributed by atoms with Crippen molar-refractivity contribution in [3.05, 3.63) is 119 Å². The van der Waals surface area contributed by atoms with Crippen LogP contribution in [0.3, 0.4) is 0 Å². The normalized spacial score (nSPS) is 14.0. The Labute approximate surface area is 228 Å². The quantitative estimate of drug-likeness (QED) is 0.183. The Hall–Kier alpha value is -3.51. The van der Waals surface area contributed by atoms with Crippen molar-refractivity contribution < 1.29 is 14.6 Å². The molecular formula is C33H42N2O3. The molecule has 2 aromatic carbocycles. The van der Waals surface area contributed by atoms with Crippen LogP contribution in [0.4, 0.5) is 0 Å². The minimum atomic E-state index is -0.116. The predicted molar refractivity (Wildman–Crippen MR) is 159 cm³/mol. The van der Waals surface area contributed by atoms with Gasteiger partial charge in [-0.2, -0.15) is 0 Å². The minimum Gasteiger partial charge on any atom is -0.392 e. The molecule has 5 nitrogen and oxygen atoms in total. The highest BCUT2D eigenvalue weighted by Gasteiger charge is 2.17. The lowest BCUT2D eigenvalue weighted by atomic mass is 9.90. The number of aliphatic hydroxyl groups is 1. The summed E-state index contributed by atoms with van der Waals surface area (Å²) in [5.41, 5.74) is 7.28. The maximum Gasteiger partial charge on any atom is 0.162 e. The van der Waals surface area contributed by atoms with E-state index < -0.39 is 0 Å². The Bertz CT molecular complexity index is 1190. The molecule has 2 N–H and O–H groups in total. The fourth-order valence-corrected chi connectivity index (χ4v) is 4.25. The highest BCUT2D eigenvalue weighted by molar-refractivity contribution is 6.06. The molecule has 2 rings (SSSR count). The Morgan fingerprint density at radius 3 is 2.08 bits per heavy atom. The first kappa shape index (κ1) is 30.7. The van der Waals surface area contributed by atoms with Gasteiger partial charge in [0.15, 0.2) is 5.78 Å². The fourth-order valence-electron chi connectivity index (χ4n) is 4.25. The van der Waals surface area contributed by atoms with Gasteiger partial charge in [0.05, 0.1) is 19.8 Å². The Morgan fingerprint density at radius 2 is 1.55 bits per heavy atom. The summed E-state index contributed by atoms with van der Waals surface area (Å²) in [5, 5.41) is 12.9. The summed E-state index contributed by atoms with van der Waals surface area (Å²) < 4.78 is 5.75. The summed E-state index contributed by atoms with van der Waals surface area (Å²) in [6, 6.07) is 20.5. The Balaban J connectivity index is 2.57. The number of ether oxygens (including phenoxy) is 1. The molecule has 0 spiro atoms. The van der Waals surface area contributed by atoms with E-state index in [0.717, 1.165) is 40.2 Å². The summed E-state index contributed by atoms with van der Waals surface area (Å²) >= 11 is 0. The van der Waals surface area contributed by atoms with E-state index in [1.165, 1.54) is 0 Å². The SMILES string of the molecule is C/C=C(\C(=C(/C)N/C(C)=C(C(C)=O)/C(/C=C\CO)=C/COCCN(C)C)c1ccccc1)c1ccccc1. The zero-order chi connectivity index (χ0) is 27.9. The van der Waals surface area contributed by atoms with Gasteiger partial charge in [-0.25, -0.2) is 0 Å². The molecule has 0 aliphatic carbocycles. The number of carbonyl (C=O) groups is 1. The number of hydrogen-bond acceptors (Lipinski definition) is 5. The molecule has 0 unspecified atom stereocenters. The predicted octanol–water partition coefficient (Wildman–Crippen LogP) is 6.03. The van der Waals surface area contributed by atoms with Crippen LogP contribution in [-0.4, -0.2) is 56.3 Å². The van der Waals surface area contributed by atoms with Gasteiger partial charge < -0.3 is 20.1 Å². The number of likely N-dealkylation sites (N-methyl/N-ethyl adjacent to an activating group) is 1. The van der Waals surface area contributed by atoms with E-state index in [4.69, 9.17) is 4.74 Å². The maximum absolute atomic E-state index is 12.9. The third kappa shape index (κ3) is 9.42. The largest absolute Gasteiger partial charge is 0.392 e. The Kier molecular flexibility index (Phi) is 13.2. The summed E-state index contributed by atoms with van der Waals surface area (Å²) in [5.74, 6) is -0.0690. The molecule has 0 saturated heterocycles. The number of nitrogens with zero attached hydrogens (tertiary/aromatic N) is 1. The summed E-state index contributed by atoms with van der Waals surface area (Å²) in [6.45, 7) is 9.20. The highest BCUT2D eigenvalue weighted by atomic mass is 16.5. The average molecular weight is 515 g/mol. The van der Waals surface area contributed by atoms with Gasteiger partial charge in [0.25, 0.3) is 0 Å². The number of hydrogen-bond donors (Lipinski definition) is 2. The Morgan fingerprint density at radius 1 is 0.947 bits per heavy atom. The molecule has 5 heteroatoms. The van der Waals surface area contributed by atoms with Gasteiger partial charge in [-0.3, -0.25) is 4.79 Å². The monoisotopic (exact) mass is 514 g/mol. The third-order valence-corrected chi connectivity index (χ3v) is 5.98. The second-order valence-electron chi connectivity index (χ2n) is 9.24. The molecule has 0 aliphatic heterocycles. The van der Waals surface area contributed by atoms with Gasteiger partial charge in [0.1, 0.15) is 0 Å². The van der Waals surface area contributed by atoms with Crippen molar-refractivity contribution in [3.8, 4) is 0 Å². The fraction of sp³-hybridized carbons (Fsp3) is 0.303. The van der Waals surface area contributed by atoms with Crippen molar-refractivity contribution in [1.82, 2.24) is 10.2 Å². The van der Waals surface area contributed by atoms with Gasteiger partial charge >= 0.3 is 0 Å². The van der Waals surface area contributed by atoms with Crippen LogP contribution in [0.5, 0.6) is 0 Å². The second kappa shape index (κ2) is 16.4. The molecule has 0 radical (unpaired) electrons. The molecule has 0 aliphatic rings. The number of carbonyl (C=O) groups excluding carboxylic acids is 1. The molecule has 2 aromatic rings. The van der Waals surface area contributed by atoms with Gasteiger partial charge in [-0.15, -0.1) is 0 Å². The number of benzene rings is 2. The van der Waals surface area contributed by atoms with Crippen molar-refractivity contribution in [2.75, 3.05) is 40.5 Å². The van der Waals surface area contributed by atoms with Gasteiger partial charge in [-0.1, -0.05) is 85.0 Å². The lowest BCUT2D eigenvalue weighted by Crippen LogP contribution is -2.18. The zero-order valence-corrected chi connectivity index (χ0v) is 23.6. The molecule has 0 fully saturated rings. The van der Waals surface area contributed by atoms with E-state index in [1.54, 1.807) is 19.1 Å². The van der Waals surface area contributed by atoms with Crippen molar-refractivity contribution in [3.63, 3.8) is 0 Å². The van der Waals surface area contributed by atoms with Gasteiger partial charge in [0, 0.05) is 29.1 Å². The second-order valence-corrected chi connectivity index (χ2v) is 9.24. The molecule has 0 aromatic heterocycles. The van der Waals surface area contributed by atoms with Crippen LogP contribution >= 0.6 is 0 Å². The molecule has 0 saturated carbocycles. The first-order chi connectivity index (χ1) is 18.3. The van der Waals surface area contributed by atoms with Crippen LogP contribution in [0.25, 0.3) is 11.1 Å². The van der Waals surface area contributed by atoms with E-state index in [1.807, 2.05) is 77.3 Å². The smallest absolute Gasteiger partial charge is 0.162 e. The van der Waals surface area contributed by atoms with Crippen LogP contribution in [-0.2, 0) is 9.53 Å². The summed E-state index contributed by atoms with van der Waals surface area (Å²) in [4.78, 5) is 14.9. The molecule has 202 valence electrons. The van der Waals surface area contributed by atoms with E-state index in [2.05, 4.69) is 40.6 Å². The van der Waals surface area contributed by atoms with Crippen molar-refractivity contribution in [2.45, 2.75) is 27.7 Å². The van der Waals surface area contributed by atoms with Crippen LogP contribution in [0.2, 0.25) is 0 Å². The standard InChI is InChI=1S/C33H42N2O3/c1-7-31(28-15-10-8-11-16-28)33(29-17-12-9-13-18-29)26(3)34-25(2)32(27(4)37)30(19-14-22-36)20-23-38-24-21-35(5)6/h7-20,34,36H,21-24H2,1-6H3/b19-14-,30-20+,31-7-,32-25+,33-26+. The molecule has 0 atom stereocenters. The van der Waals surface area contributed by atoms with Crippen LogP contribution in [0, 0.1) is 0 Å². The molecular weight excluding hydrogens is 472 g/mol. The van der Waals surface area contributed by atoms with Crippen LogP contribution in [0.1, 0.15) is 38.8 Å². The van der Waals surface area contributed by atoms with Crippen LogP contribution < -0.4 is 5.32 Å². The number of ketones is 1. The summed E-state index contributed by atoms with van der Waals surface area (Å²) in [6.07, 6.45) is 7.42. The molecule has 0 bridgehead atoms. The van der Waals surface area contributed by atoms with Crippen LogP contribution in [0.15, 0.2) is 108 Å². The van der Waals surface area contributed by atoms with Crippen molar-refractivity contribution in [2.24, 2.45) is 0 Å². The first-order valence-electron chi connectivity index (χ1n) is 13.0. The number of rotatable bonds is 14. The minimum absolute atomic E-state index is 0.0690. The number of nitrogens with one attached hydrogen (secondary N) is 1. The van der Waals surface area contributed by atoms with E-state index >= 15 is 0 Å². The van der Waals surface area contributed by atoms with Gasteiger partial charge in [-0.05, 0) is 64.1 Å². The lowest BCUT2D eigenvalue weighted by molar-refractivity contribution is -0.113. The molecule has 38 heavy (non-hydrogen) atoms. The lowest BCUT2D eigenvalue weighted by Gasteiger charge is -2.20. The first-order valence-corrected chi connectivity index (χ1v) is 13.0. The maximum atomic E-state index is 12.9. The number of allylic oxidation sites excluding steroid dienone is 8. The zero-order valence-electron chi connectivity index (χ0n) is 23.6. The summed E-state index contributed by atoms with van der Waals surface area (Å²) in [7, 11) is 3.99. The molecule has 0 amide bonds. The highest BCUT2D eigenvalue weighted by Crippen LogP contribution is 2.33. The number of Topliss-reactive ketones (excluding diaryl/α,β-unsaturated/α-hetero) is 1. The van der Waals surface area contributed by atoms with Crippen molar-refractivity contribution >= 4 is 16.9 Å². The molecule has 0 heterocycles. The van der Waals surface area contributed by atoms with Gasteiger partial charge in [0.2, 0.25) is 0 Å². The van der Waals surface area contributed by atoms with E-state index in [9.17, 15) is 9.90 Å². The number of aliphatic hydroxyl groups excluding tert-OH is 1.